The molecule has 0 saturated heterocycles. The van der Waals surface area contributed by atoms with Crippen molar-refractivity contribution >= 4 is 29.4 Å². The molecular weight excluding hydrogens is 416 g/mol. The molecule has 2 unspecified atom stereocenters. The Balaban J connectivity index is 1.44. The van der Waals surface area contributed by atoms with Gasteiger partial charge in [0.25, 0.3) is 0 Å². The summed E-state index contributed by atoms with van der Waals surface area (Å²) in [5.41, 5.74) is 3.11. The van der Waals surface area contributed by atoms with Gasteiger partial charge in [-0.05, 0) is 43.6 Å². The van der Waals surface area contributed by atoms with Crippen LogP contribution in [0.3, 0.4) is 0 Å². The lowest BCUT2D eigenvalue weighted by Gasteiger charge is -2.30. The largest absolute Gasteiger partial charge is 0.354 e. The molecule has 0 aromatic carbocycles. The van der Waals surface area contributed by atoms with Crippen LogP contribution in [0, 0.1) is 5.41 Å². The summed E-state index contributed by atoms with van der Waals surface area (Å²) in [7, 11) is 0. The van der Waals surface area contributed by atoms with Crippen molar-refractivity contribution in [3.05, 3.63) is 29.2 Å². The molecule has 0 bridgehead atoms. The van der Waals surface area contributed by atoms with Crippen LogP contribution >= 0.6 is 11.6 Å². The maximum atomic E-state index is 12.6. The van der Waals surface area contributed by atoms with Gasteiger partial charge in [0.2, 0.25) is 5.91 Å². The molecule has 0 radical (unpaired) electrons. The standard InChI is InChI=1S/C22H29ClN6O2/c1-13(30)26-14-5-4-6-15(7-14)27-21(31)28-20-8-16(18(23)11-24-20)17-10-25-29-12-22(2,3)9-19(17)29/h8,10-11,14-15H,4-7,9,12H2,1-3H3,(H,26,30)(H2,24,27,28,31). The second-order valence-corrected chi connectivity index (χ2v) is 9.82. The average molecular weight is 445 g/mol. The number of pyridine rings is 1. The maximum Gasteiger partial charge on any atom is 0.320 e. The van der Waals surface area contributed by atoms with Crippen molar-refractivity contribution in [1.29, 1.82) is 0 Å². The van der Waals surface area contributed by atoms with Gasteiger partial charge in [-0.25, -0.2) is 9.78 Å². The summed E-state index contributed by atoms with van der Waals surface area (Å²) in [6.45, 7) is 6.83. The van der Waals surface area contributed by atoms with Gasteiger partial charge in [0.1, 0.15) is 5.82 Å². The number of urea groups is 1. The molecule has 31 heavy (non-hydrogen) atoms. The lowest BCUT2D eigenvalue weighted by molar-refractivity contribution is -0.119. The van der Waals surface area contributed by atoms with Crippen LogP contribution in [0.15, 0.2) is 18.5 Å². The summed E-state index contributed by atoms with van der Waals surface area (Å²) in [5, 5.41) is 13.8. The first-order valence-corrected chi connectivity index (χ1v) is 11.1. The van der Waals surface area contributed by atoms with Crippen LogP contribution in [-0.4, -0.2) is 38.8 Å². The van der Waals surface area contributed by atoms with Gasteiger partial charge in [-0.3, -0.25) is 14.8 Å². The van der Waals surface area contributed by atoms with Crippen LogP contribution in [0.2, 0.25) is 5.02 Å². The second kappa shape index (κ2) is 8.49. The predicted octanol–water partition coefficient (Wildman–Crippen LogP) is 3.75. The van der Waals surface area contributed by atoms with E-state index in [9.17, 15) is 9.59 Å². The topological polar surface area (TPSA) is 101 Å². The highest BCUT2D eigenvalue weighted by Crippen LogP contribution is 2.39. The van der Waals surface area contributed by atoms with Gasteiger partial charge < -0.3 is 10.6 Å². The fraction of sp³-hybridized carbons (Fsp3) is 0.545. The minimum absolute atomic E-state index is 0.0125. The van der Waals surface area contributed by atoms with Crippen LogP contribution in [0.1, 0.15) is 52.1 Å². The number of aromatic nitrogens is 3. The van der Waals surface area contributed by atoms with E-state index >= 15 is 0 Å². The van der Waals surface area contributed by atoms with Crippen molar-refractivity contribution < 1.29 is 9.59 Å². The van der Waals surface area contributed by atoms with Crippen molar-refractivity contribution in [2.24, 2.45) is 5.41 Å². The Bertz CT molecular complexity index is 1000. The number of anilines is 1. The van der Waals surface area contributed by atoms with Crippen LogP contribution in [0.25, 0.3) is 11.1 Å². The van der Waals surface area contributed by atoms with Gasteiger partial charge in [0.15, 0.2) is 0 Å². The molecule has 2 aromatic rings. The van der Waals surface area contributed by atoms with Crippen molar-refractivity contribution in [3.8, 4) is 11.1 Å². The van der Waals surface area contributed by atoms with E-state index in [0.29, 0.717) is 10.8 Å². The van der Waals surface area contributed by atoms with E-state index in [1.807, 2.05) is 10.9 Å². The molecule has 9 heteroatoms. The number of nitrogens with zero attached hydrogens (tertiary/aromatic N) is 3. The Hall–Kier alpha value is -2.61. The van der Waals surface area contributed by atoms with Gasteiger partial charge >= 0.3 is 6.03 Å². The molecule has 4 rings (SSSR count). The molecule has 2 atom stereocenters. The highest BCUT2D eigenvalue weighted by Gasteiger charge is 2.32. The van der Waals surface area contributed by atoms with Gasteiger partial charge in [-0.1, -0.05) is 25.4 Å². The Morgan fingerprint density at radius 1 is 1.16 bits per heavy atom. The molecule has 0 spiro atoms. The molecule has 3 amide bonds. The van der Waals surface area contributed by atoms with Crippen molar-refractivity contribution in [2.45, 2.75) is 71.5 Å². The summed E-state index contributed by atoms with van der Waals surface area (Å²) in [6.07, 6.45) is 7.83. The van der Waals surface area contributed by atoms with Crippen LogP contribution < -0.4 is 16.0 Å². The third-order valence-electron chi connectivity index (χ3n) is 5.98. The molecule has 166 valence electrons. The van der Waals surface area contributed by atoms with E-state index in [1.165, 1.54) is 6.92 Å². The van der Waals surface area contributed by atoms with Gasteiger partial charge in [0, 0.05) is 48.6 Å². The maximum absolute atomic E-state index is 12.6. The zero-order chi connectivity index (χ0) is 22.2. The number of hydrogen-bond acceptors (Lipinski definition) is 4. The number of carbonyl (C=O) groups is 2. The fourth-order valence-electron chi connectivity index (χ4n) is 4.66. The van der Waals surface area contributed by atoms with Crippen molar-refractivity contribution in [1.82, 2.24) is 25.4 Å². The van der Waals surface area contributed by atoms with E-state index in [4.69, 9.17) is 11.6 Å². The molecule has 8 nitrogen and oxygen atoms in total. The molecule has 3 N–H and O–H groups in total. The molecule has 1 aliphatic heterocycles. The number of fused-ring (bicyclic) bond motifs is 1. The molecule has 3 heterocycles. The first-order valence-electron chi connectivity index (χ1n) is 10.8. The number of nitrogens with one attached hydrogen (secondary N) is 3. The van der Waals surface area contributed by atoms with Crippen molar-refractivity contribution in [3.63, 3.8) is 0 Å². The summed E-state index contributed by atoms with van der Waals surface area (Å²) >= 11 is 6.45. The van der Waals surface area contributed by atoms with E-state index in [1.54, 1.807) is 12.3 Å². The molecule has 1 saturated carbocycles. The lowest BCUT2D eigenvalue weighted by atomic mass is 9.89. The Morgan fingerprint density at radius 2 is 1.90 bits per heavy atom. The molecule has 2 aliphatic rings. The zero-order valence-corrected chi connectivity index (χ0v) is 18.9. The van der Waals surface area contributed by atoms with Crippen LogP contribution in [-0.2, 0) is 17.8 Å². The first-order chi connectivity index (χ1) is 14.7. The van der Waals surface area contributed by atoms with Gasteiger partial charge in [-0.15, -0.1) is 0 Å². The first kappa shape index (κ1) is 21.6. The highest BCUT2D eigenvalue weighted by atomic mass is 35.5. The zero-order valence-electron chi connectivity index (χ0n) is 18.2. The second-order valence-electron chi connectivity index (χ2n) is 9.41. The minimum atomic E-state index is -0.310. The fourth-order valence-corrected chi connectivity index (χ4v) is 4.87. The third kappa shape index (κ3) is 5.01. The van der Waals surface area contributed by atoms with Gasteiger partial charge in [0.05, 0.1) is 11.2 Å². The van der Waals surface area contributed by atoms with E-state index in [0.717, 1.165) is 55.5 Å². The lowest BCUT2D eigenvalue weighted by Crippen LogP contribution is -2.46. The Labute approximate surface area is 187 Å². The number of halogens is 1. The molecular formula is C22H29ClN6O2. The Morgan fingerprint density at radius 3 is 2.65 bits per heavy atom. The smallest absolute Gasteiger partial charge is 0.320 e. The summed E-state index contributed by atoms with van der Waals surface area (Å²) in [5.74, 6) is 0.395. The Kier molecular flexibility index (Phi) is 5.92. The minimum Gasteiger partial charge on any atom is -0.354 e. The summed E-state index contributed by atoms with van der Waals surface area (Å²) in [4.78, 5) is 28.1. The quantitative estimate of drug-likeness (QED) is 0.668. The normalized spacial score (nSPS) is 21.9. The van der Waals surface area contributed by atoms with E-state index < -0.39 is 0 Å². The SMILES string of the molecule is CC(=O)NC1CCCC(NC(=O)Nc2cc(-c3cnn4c3CC(C)(C)C4)c(Cl)cn2)C1. The van der Waals surface area contributed by atoms with Crippen LogP contribution in [0.5, 0.6) is 0 Å². The number of rotatable bonds is 4. The summed E-state index contributed by atoms with van der Waals surface area (Å²) < 4.78 is 2.03. The number of carbonyl (C=O) groups excluding carboxylic acids is 2. The van der Waals surface area contributed by atoms with E-state index in [2.05, 4.69) is 39.9 Å². The third-order valence-corrected chi connectivity index (χ3v) is 6.28. The molecule has 2 aromatic heterocycles. The number of hydrogen-bond donors (Lipinski definition) is 3. The van der Waals surface area contributed by atoms with E-state index in [-0.39, 0.29) is 29.4 Å². The van der Waals surface area contributed by atoms with Crippen molar-refractivity contribution in [2.75, 3.05) is 5.32 Å². The highest BCUT2D eigenvalue weighted by molar-refractivity contribution is 6.33. The van der Waals surface area contributed by atoms with Crippen LogP contribution in [0.4, 0.5) is 10.6 Å². The number of amides is 3. The summed E-state index contributed by atoms with van der Waals surface area (Å²) in [6, 6.07) is 1.60. The molecule has 1 fully saturated rings. The average Bonchev–Trinajstić information content (AvgIpc) is 3.18. The predicted molar refractivity (Wildman–Crippen MR) is 120 cm³/mol. The molecule has 1 aliphatic carbocycles. The van der Waals surface area contributed by atoms with Gasteiger partial charge in [-0.2, -0.15) is 5.10 Å². The monoisotopic (exact) mass is 444 g/mol.